The number of benzene rings is 1. The monoisotopic (exact) mass is 366 g/mol. The van der Waals surface area contributed by atoms with E-state index in [1.165, 1.54) is 38.6 Å². The smallest absolute Gasteiger partial charge is 0.317 e. The van der Waals surface area contributed by atoms with Gasteiger partial charge in [-0.1, -0.05) is 31.0 Å². The highest BCUT2D eigenvalue weighted by atomic mass is 16.2. The number of pyridine rings is 1. The van der Waals surface area contributed by atoms with Crippen LogP contribution in [0.15, 0.2) is 36.7 Å². The number of carbonyl (C=O) groups is 1. The van der Waals surface area contributed by atoms with Crippen molar-refractivity contribution in [3.8, 4) is 0 Å². The lowest BCUT2D eigenvalue weighted by molar-refractivity contribution is 0.203. The summed E-state index contributed by atoms with van der Waals surface area (Å²) in [6.45, 7) is 3.73. The van der Waals surface area contributed by atoms with E-state index in [-0.39, 0.29) is 6.03 Å². The number of aromatic nitrogens is 1. The maximum absolute atomic E-state index is 12.6. The predicted octanol–water partition coefficient (Wildman–Crippen LogP) is 3.64. The minimum atomic E-state index is 0.0142. The number of nitrogens with zero attached hydrogens (tertiary/aromatic N) is 3. The summed E-state index contributed by atoms with van der Waals surface area (Å²) in [5, 5.41) is 5.43. The molecule has 5 heteroatoms. The van der Waals surface area contributed by atoms with Crippen LogP contribution in [0.1, 0.15) is 37.7 Å². The number of urea groups is 1. The Morgan fingerprint density at radius 3 is 2.96 bits per heavy atom. The Labute approximate surface area is 161 Å². The number of likely N-dealkylation sites (tertiary alicyclic amines) is 1. The van der Waals surface area contributed by atoms with Gasteiger partial charge in [0.25, 0.3) is 0 Å². The van der Waals surface area contributed by atoms with E-state index in [0.29, 0.717) is 12.5 Å². The molecule has 2 fully saturated rings. The second-order valence-corrected chi connectivity index (χ2v) is 8.14. The van der Waals surface area contributed by atoms with Crippen LogP contribution < -0.4 is 5.32 Å². The maximum atomic E-state index is 12.6. The molecule has 4 rings (SSSR count). The zero-order chi connectivity index (χ0) is 18.6. The van der Waals surface area contributed by atoms with Gasteiger partial charge in [0.15, 0.2) is 0 Å². The van der Waals surface area contributed by atoms with E-state index in [1.54, 1.807) is 4.90 Å². The zero-order valence-electron chi connectivity index (χ0n) is 16.2. The van der Waals surface area contributed by atoms with Crippen LogP contribution in [0, 0.1) is 5.92 Å². The molecule has 1 unspecified atom stereocenters. The van der Waals surface area contributed by atoms with Crippen LogP contribution >= 0.6 is 0 Å². The molecule has 0 radical (unpaired) electrons. The molecule has 0 bridgehead atoms. The molecule has 1 atom stereocenters. The summed E-state index contributed by atoms with van der Waals surface area (Å²) in [5.74, 6) is 0.589. The normalized spacial score (nSPS) is 21.0. The van der Waals surface area contributed by atoms with Crippen molar-refractivity contribution in [3.05, 3.63) is 42.2 Å². The van der Waals surface area contributed by atoms with Crippen molar-refractivity contribution in [1.82, 2.24) is 20.1 Å². The summed E-state index contributed by atoms with van der Waals surface area (Å²) in [6.07, 6.45) is 10.4. The average molecular weight is 367 g/mol. The van der Waals surface area contributed by atoms with Gasteiger partial charge in [-0.2, -0.15) is 0 Å². The fourth-order valence-corrected chi connectivity index (χ4v) is 4.65. The minimum Gasteiger partial charge on any atom is -0.338 e. The molecule has 27 heavy (non-hydrogen) atoms. The average Bonchev–Trinajstić information content (AvgIpc) is 3.38. The SMILES string of the molecule is CN(Cc1cccc2cnccc12)C(=O)NCC1CCN(C2CCCC2)C1. The highest BCUT2D eigenvalue weighted by Gasteiger charge is 2.30. The fraction of sp³-hybridized carbons (Fsp3) is 0.545. The Kier molecular flexibility index (Phi) is 5.58. The molecule has 2 amide bonds. The molecule has 0 spiro atoms. The first kappa shape index (κ1) is 18.2. The zero-order valence-corrected chi connectivity index (χ0v) is 16.2. The summed E-state index contributed by atoms with van der Waals surface area (Å²) in [4.78, 5) is 21.2. The van der Waals surface area contributed by atoms with E-state index in [2.05, 4.69) is 27.3 Å². The van der Waals surface area contributed by atoms with Crippen molar-refractivity contribution in [3.63, 3.8) is 0 Å². The third kappa shape index (κ3) is 4.24. The highest BCUT2D eigenvalue weighted by molar-refractivity contribution is 5.85. The third-order valence-corrected chi connectivity index (χ3v) is 6.23. The summed E-state index contributed by atoms with van der Waals surface area (Å²) in [7, 11) is 1.87. The van der Waals surface area contributed by atoms with E-state index >= 15 is 0 Å². The number of amides is 2. The molecule has 1 aromatic carbocycles. The lowest BCUT2D eigenvalue weighted by atomic mass is 10.1. The lowest BCUT2D eigenvalue weighted by Crippen LogP contribution is -2.40. The van der Waals surface area contributed by atoms with Gasteiger partial charge < -0.3 is 15.1 Å². The summed E-state index contributed by atoms with van der Waals surface area (Å²) in [6, 6.07) is 9.01. The Balaban J connectivity index is 1.28. The van der Waals surface area contributed by atoms with Crippen molar-refractivity contribution in [1.29, 1.82) is 0 Å². The van der Waals surface area contributed by atoms with Crippen molar-refractivity contribution in [2.24, 2.45) is 5.92 Å². The maximum Gasteiger partial charge on any atom is 0.317 e. The van der Waals surface area contributed by atoms with E-state index in [0.717, 1.165) is 35.5 Å². The number of fused-ring (bicyclic) bond motifs is 1. The largest absolute Gasteiger partial charge is 0.338 e. The van der Waals surface area contributed by atoms with Crippen LogP contribution in [0.4, 0.5) is 4.79 Å². The van der Waals surface area contributed by atoms with Crippen LogP contribution in [0.3, 0.4) is 0 Å². The first-order chi connectivity index (χ1) is 13.2. The van der Waals surface area contributed by atoms with Gasteiger partial charge in [0.2, 0.25) is 0 Å². The van der Waals surface area contributed by atoms with E-state index in [4.69, 9.17) is 0 Å². The number of rotatable bonds is 5. The first-order valence-corrected chi connectivity index (χ1v) is 10.3. The third-order valence-electron chi connectivity index (χ3n) is 6.23. The van der Waals surface area contributed by atoms with E-state index in [1.807, 2.05) is 31.6 Å². The van der Waals surface area contributed by atoms with Crippen molar-refractivity contribution < 1.29 is 4.79 Å². The molecule has 1 N–H and O–H groups in total. The van der Waals surface area contributed by atoms with Crippen LogP contribution in [0.2, 0.25) is 0 Å². The molecule has 1 aromatic heterocycles. The molecular formula is C22H30N4O. The molecule has 1 saturated heterocycles. The second kappa shape index (κ2) is 8.26. The number of hydrogen-bond donors (Lipinski definition) is 1. The molecular weight excluding hydrogens is 336 g/mol. The van der Waals surface area contributed by atoms with Crippen molar-refractivity contribution in [2.75, 3.05) is 26.7 Å². The van der Waals surface area contributed by atoms with Crippen LogP contribution in [-0.4, -0.2) is 53.5 Å². The number of carbonyl (C=O) groups excluding carboxylic acids is 1. The van der Waals surface area contributed by atoms with Crippen LogP contribution in [0.25, 0.3) is 10.8 Å². The van der Waals surface area contributed by atoms with Gasteiger partial charge in [0.05, 0.1) is 0 Å². The Morgan fingerprint density at radius 2 is 2.11 bits per heavy atom. The molecule has 144 valence electrons. The van der Waals surface area contributed by atoms with Gasteiger partial charge in [0, 0.05) is 50.5 Å². The van der Waals surface area contributed by atoms with E-state index in [9.17, 15) is 4.79 Å². The molecule has 1 saturated carbocycles. The molecule has 2 aromatic rings. The topological polar surface area (TPSA) is 48.5 Å². The second-order valence-electron chi connectivity index (χ2n) is 8.14. The molecule has 1 aliphatic heterocycles. The number of nitrogens with one attached hydrogen (secondary N) is 1. The first-order valence-electron chi connectivity index (χ1n) is 10.3. The minimum absolute atomic E-state index is 0.0142. The Hall–Kier alpha value is -2.14. The van der Waals surface area contributed by atoms with Gasteiger partial charge in [-0.15, -0.1) is 0 Å². The van der Waals surface area contributed by atoms with E-state index < -0.39 is 0 Å². The molecule has 5 nitrogen and oxygen atoms in total. The standard InChI is InChI=1S/C22H30N4O/c1-25(16-19-6-4-5-18-14-23-11-9-21(18)19)22(27)24-13-17-10-12-26(15-17)20-7-2-3-8-20/h4-6,9,11,14,17,20H,2-3,7-8,10,12-13,15-16H2,1H3,(H,24,27). The summed E-state index contributed by atoms with van der Waals surface area (Å²) >= 11 is 0. The molecule has 2 heterocycles. The van der Waals surface area contributed by atoms with Gasteiger partial charge in [-0.25, -0.2) is 4.79 Å². The fourth-order valence-electron chi connectivity index (χ4n) is 4.65. The molecule has 2 aliphatic rings. The quantitative estimate of drug-likeness (QED) is 0.879. The Morgan fingerprint density at radius 1 is 1.26 bits per heavy atom. The Bertz CT molecular complexity index is 781. The van der Waals surface area contributed by atoms with Gasteiger partial charge in [-0.05, 0) is 48.7 Å². The molecule has 1 aliphatic carbocycles. The predicted molar refractivity (Wildman–Crippen MR) is 109 cm³/mol. The van der Waals surface area contributed by atoms with Crippen molar-refractivity contribution >= 4 is 16.8 Å². The lowest BCUT2D eigenvalue weighted by Gasteiger charge is -2.24. The summed E-state index contributed by atoms with van der Waals surface area (Å²) in [5.41, 5.74) is 1.15. The van der Waals surface area contributed by atoms with Crippen LogP contribution in [-0.2, 0) is 6.54 Å². The van der Waals surface area contributed by atoms with Gasteiger partial charge in [-0.3, -0.25) is 4.98 Å². The van der Waals surface area contributed by atoms with Gasteiger partial charge in [0.1, 0.15) is 0 Å². The van der Waals surface area contributed by atoms with Crippen molar-refractivity contribution in [2.45, 2.75) is 44.7 Å². The summed E-state index contributed by atoms with van der Waals surface area (Å²) < 4.78 is 0. The highest BCUT2D eigenvalue weighted by Crippen LogP contribution is 2.28. The van der Waals surface area contributed by atoms with Gasteiger partial charge >= 0.3 is 6.03 Å². The van der Waals surface area contributed by atoms with Crippen LogP contribution in [0.5, 0.6) is 0 Å². The number of hydrogen-bond acceptors (Lipinski definition) is 3.